The number of benzene rings is 3. The molecule has 0 atom stereocenters. The zero-order valence-corrected chi connectivity index (χ0v) is 17.2. The van der Waals surface area contributed by atoms with Crippen LogP contribution < -0.4 is 14.8 Å². The Kier molecular flexibility index (Phi) is 6.89. The van der Waals surface area contributed by atoms with Gasteiger partial charge in [0.05, 0.1) is 22.2 Å². The minimum absolute atomic E-state index is 0.0453. The lowest BCUT2D eigenvalue weighted by atomic mass is 10.2. The fraction of sp³-hybridized carbons (Fsp3) is 0.143. The summed E-state index contributed by atoms with van der Waals surface area (Å²) in [5.74, 6) is 0.500. The molecule has 3 nitrogen and oxygen atoms in total. The van der Waals surface area contributed by atoms with Gasteiger partial charge in [0.2, 0.25) is 0 Å². The number of hydrogen-bond donors (Lipinski definition) is 1. The molecule has 0 bridgehead atoms. The molecule has 1 N–H and O–H groups in total. The maximum absolute atomic E-state index is 13.8. The SMILES string of the molecule is COc1cc(CNc2ccc(Cl)c(Cl)c2)cc(Cl)c1OCc1ccccc1F. The van der Waals surface area contributed by atoms with E-state index in [1.165, 1.54) is 13.2 Å². The first-order valence-electron chi connectivity index (χ1n) is 8.39. The molecule has 0 fully saturated rings. The van der Waals surface area contributed by atoms with E-state index in [0.29, 0.717) is 38.7 Å². The molecule has 7 heteroatoms. The molecular weight excluding hydrogens is 424 g/mol. The van der Waals surface area contributed by atoms with Crippen LogP contribution in [0.15, 0.2) is 54.6 Å². The quantitative estimate of drug-likeness (QED) is 0.429. The Bertz CT molecular complexity index is 982. The van der Waals surface area contributed by atoms with Crippen LogP contribution in [0.25, 0.3) is 0 Å². The molecule has 0 aliphatic heterocycles. The monoisotopic (exact) mass is 439 g/mol. The van der Waals surface area contributed by atoms with Crippen molar-refractivity contribution < 1.29 is 13.9 Å². The van der Waals surface area contributed by atoms with Gasteiger partial charge in [-0.2, -0.15) is 0 Å². The fourth-order valence-electron chi connectivity index (χ4n) is 2.59. The molecule has 0 amide bonds. The Morgan fingerprint density at radius 3 is 2.43 bits per heavy atom. The summed E-state index contributed by atoms with van der Waals surface area (Å²) in [5, 5.41) is 4.59. The van der Waals surface area contributed by atoms with Crippen molar-refractivity contribution in [2.75, 3.05) is 12.4 Å². The molecule has 0 unspecified atom stereocenters. The van der Waals surface area contributed by atoms with Crippen molar-refractivity contribution in [2.24, 2.45) is 0 Å². The summed E-state index contributed by atoms with van der Waals surface area (Å²) in [5.41, 5.74) is 2.14. The normalized spacial score (nSPS) is 10.6. The highest BCUT2D eigenvalue weighted by Crippen LogP contribution is 2.37. The summed E-state index contributed by atoms with van der Waals surface area (Å²) >= 11 is 18.3. The first kappa shape index (κ1) is 20.6. The zero-order valence-electron chi connectivity index (χ0n) is 14.9. The Hall–Kier alpha value is -2.14. The molecule has 0 spiro atoms. The van der Waals surface area contributed by atoms with Crippen molar-refractivity contribution in [3.63, 3.8) is 0 Å². The maximum Gasteiger partial charge on any atom is 0.180 e. The maximum atomic E-state index is 13.8. The highest BCUT2D eigenvalue weighted by molar-refractivity contribution is 6.42. The van der Waals surface area contributed by atoms with E-state index in [-0.39, 0.29) is 12.4 Å². The van der Waals surface area contributed by atoms with Crippen molar-refractivity contribution >= 4 is 40.5 Å². The van der Waals surface area contributed by atoms with Gasteiger partial charge in [-0.15, -0.1) is 0 Å². The van der Waals surface area contributed by atoms with Crippen LogP contribution in [-0.4, -0.2) is 7.11 Å². The van der Waals surface area contributed by atoms with Crippen molar-refractivity contribution in [1.29, 1.82) is 0 Å². The average Bonchev–Trinajstić information content (AvgIpc) is 2.68. The van der Waals surface area contributed by atoms with Crippen LogP contribution in [0.4, 0.5) is 10.1 Å². The summed E-state index contributed by atoms with van der Waals surface area (Å²) in [7, 11) is 1.53. The van der Waals surface area contributed by atoms with Crippen molar-refractivity contribution in [3.8, 4) is 11.5 Å². The van der Waals surface area contributed by atoms with Gasteiger partial charge in [-0.3, -0.25) is 0 Å². The summed E-state index contributed by atoms with van der Waals surface area (Å²) in [4.78, 5) is 0. The van der Waals surface area contributed by atoms with Crippen LogP contribution in [-0.2, 0) is 13.2 Å². The largest absolute Gasteiger partial charge is 0.493 e. The smallest absolute Gasteiger partial charge is 0.180 e. The van der Waals surface area contributed by atoms with Gasteiger partial charge in [-0.05, 0) is 42.0 Å². The second-order valence-electron chi connectivity index (χ2n) is 5.97. The molecule has 3 rings (SSSR count). The Morgan fingerprint density at radius 1 is 0.929 bits per heavy atom. The third-order valence-electron chi connectivity index (χ3n) is 4.04. The minimum atomic E-state index is -0.333. The Balaban J connectivity index is 1.73. The van der Waals surface area contributed by atoms with E-state index < -0.39 is 0 Å². The molecule has 146 valence electrons. The average molecular weight is 441 g/mol. The predicted molar refractivity (Wildman–Crippen MR) is 113 cm³/mol. The molecule has 0 aliphatic rings. The van der Waals surface area contributed by atoms with E-state index in [0.717, 1.165) is 11.3 Å². The zero-order chi connectivity index (χ0) is 20.1. The Morgan fingerprint density at radius 2 is 1.71 bits per heavy atom. The second kappa shape index (κ2) is 9.37. The van der Waals surface area contributed by atoms with Crippen molar-refractivity contribution in [1.82, 2.24) is 0 Å². The van der Waals surface area contributed by atoms with Gasteiger partial charge in [0.25, 0.3) is 0 Å². The summed E-state index contributed by atoms with van der Waals surface area (Å²) < 4.78 is 24.9. The van der Waals surface area contributed by atoms with E-state index in [9.17, 15) is 4.39 Å². The third-order valence-corrected chi connectivity index (χ3v) is 5.06. The van der Waals surface area contributed by atoms with Crippen LogP contribution in [0, 0.1) is 5.82 Å². The van der Waals surface area contributed by atoms with Crippen LogP contribution in [0.1, 0.15) is 11.1 Å². The summed E-state index contributed by atoms with van der Waals surface area (Å²) in [6.45, 7) is 0.533. The predicted octanol–water partition coefficient (Wildman–Crippen LogP) is 6.99. The molecule has 0 aliphatic carbocycles. The second-order valence-corrected chi connectivity index (χ2v) is 7.19. The van der Waals surface area contributed by atoms with Gasteiger partial charge in [0.1, 0.15) is 12.4 Å². The lowest BCUT2D eigenvalue weighted by Gasteiger charge is -2.15. The third kappa shape index (κ3) is 5.02. The van der Waals surface area contributed by atoms with Crippen LogP contribution >= 0.6 is 34.8 Å². The number of anilines is 1. The number of nitrogens with one attached hydrogen (secondary N) is 1. The van der Waals surface area contributed by atoms with Gasteiger partial charge in [-0.1, -0.05) is 53.0 Å². The first-order valence-corrected chi connectivity index (χ1v) is 9.53. The summed E-state index contributed by atoms with van der Waals surface area (Å²) in [6.07, 6.45) is 0. The highest BCUT2D eigenvalue weighted by atomic mass is 35.5. The van der Waals surface area contributed by atoms with E-state index in [4.69, 9.17) is 44.3 Å². The molecule has 0 saturated carbocycles. The van der Waals surface area contributed by atoms with Crippen molar-refractivity contribution in [3.05, 3.63) is 86.6 Å². The van der Waals surface area contributed by atoms with Gasteiger partial charge < -0.3 is 14.8 Å². The molecule has 0 heterocycles. The van der Waals surface area contributed by atoms with Crippen LogP contribution in [0.2, 0.25) is 15.1 Å². The van der Waals surface area contributed by atoms with Gasteiger partial charge >= 0.3 is 0 Å². The Labute approximate surface area is 177 Å². The number of hydrogen-bond acceptors (Lipinski definition) is 3. The molecule has 0 aromatic heterocycles. The number of methoxy groups -OCH3 is 1. The van der Waals surface area contributed by atoms with E-state index in [1.54, 1.807) is 36.4 Å². The molecular formula is C21H17Cl3FNO2. The van der Waals surface area contributed by atoms with E-state index >= 15 is 0 Å². The fourth-order valence-corrected chi connectivity index (χ4v) is 3.18. The molecule has 0 radical (unpaired) electrons. The van der Waals surface area contributed by atoms with Gasteiger partial charge in [0, 0.05) is 17.8 Å². The number of halogens is 4. The first-order chi connectivity index (χ1) is 13.5. The van der Waals surface area contributed by atoms with Crippen molar-refractivity contribution in [2.45, 2.75) is 13.2 Å². The van der Waals surface area contributed by atoms with Gasteiger partial charge in [0.15, 0.2) is 11.5 Å². The molecule has 28 heavy (non-hydrogen) atoms. The standard InChI is InChI=1S/C21H17Cl3FNO2/c1-27-20-9-13(11-26-15-6-7-16(22)17(23)10-15)8-18(24)21(20)28-12-14-4-2-3-5-19(14)25/h2-10,26H,11-12H2,1H3. The van der Waals surface area contributed by atoms with E-state index in [1.807, 2.05) is 12.1 Å². The number of ether oxygens (including phenoxy) is 2. The summed E-state index contributed by atoms with van der Waals surface area (Å²) in [6, 6.07) is 15.3. The molecule has 3 aromatic carbocycles. The van der Waals surface area contributed by atoms with E-state index in [2.05, 4.69) is 5.32 Å². The van der Waals surface area contributed by atoms with Crippen LogP contribution in [0.5, 0.6) is 11.5 Å². The lowest BCUT2D eigenvalue weighted by Crippen LogP contribution is -2.03. The van der Waals surface area contributed by atoms with Gasteiger partial charge in [-0.25, -0.2) is 4.39 Å². The molecule has 0 saturated heterocycles. The minimum Gasteiger partial charge on any atom is -0.493 e. The number of rotatable bonds is 7. The lowest BCUT2D eigenvalue weighted by molar-refractivity contribution is 0.280. The highest BCUT2D eigenvalue weighted by Gasteiger charge is 2.13. The van der Waals surface area contributed by atoms with Crippen LogP contribution in [0.3, 0.4) is 0 Å². The topological polar surface area (TPSA) is 30.5 Å². The molecule has 3 aromatic rings.